The van der Waals surface area contributed by atoms with Crippen LogP contribution in [0.3, 0.4) is 0 Å². The van der Waals surface area contributed by atoms with Crippen LogP contribution in [0.25, 0.3) is 258 Å². The first-order valence-corrected chi connectivity index (χ1v) is 48.5. The van der Waals surface area contributed by atoms with Gasteiger partial charge in [0.25, 0.3) is 0 Å². The Bertz CT molecular complexity index is 8160. The van der Waals surface area contributed by atoms with Crippen LogP contribution < -0.4 is 0 Å². The normalized spacial score (nSPS) is 11.2. The van der Waals surface area contributed by atoms with E-state index < -0.39 is 0 Å². The van der Waals surface area contributed by atoms with Crippen molar-refractivity contribution in [2.24, 2.45) is 0 Å². The van der Waals surface area contributed by atoms with Gasteiger partial charge in [0.15, 0.2) is 52.4 Å². The van der Waals surface area contributed by atoms with Crippen molar-refractivity contribution in [2.75, 3.05) is 0 Å². The Morgan fingerprint density at radius 3 is 0.479 bits per heavy atom. The van der Waals surface area contributed by atoms with Gasteiger partial charge in [0.2, 0.25) is 0 Å². The standard InChI is InChI=1S/C135H89N9/c1-13-40-90(41-14-1)105-71-106(91-42-15-2-16-43-91)76-113(75-105)102-64-39-65-103(70-102)131-142-132(144-133(143-131)120-84-111(96-52-25-7-26-53-96)74-112(85-120)97-54-27-8-28-55-97)104-68-69-125(126(89-104)119-86-121(134-138-127(98-56-29-9-30-57-98)136-128(139-134)99-58-31-10-32-59-99)88-122(87-119)135-140-129(100-60-33-11-34-61-100)137-130(141-135)101-62-35-12-36-63-101)124-67-38-37-66-123(124)118-82-116(114-77-107(92-44-17-3-18-45-92)72-108(78-114)93-46-19-4-20-47-93)81-117(83-118)115-79-109(94-48-21-5-22-49-94)73-110(80-115)95-50-23-6-24-51-95/h1-89H. The Balaban J connectivity index is 0.786. The van der Waals surface area contributed by atoms with Crippen LogP contribution in [0.15, 0.2) is 540 Å². The zero-order valence-corrected chi connectivity index (χ0v) is 78.4. The third-order valence-corrected chi connectivity index (χ3v) is 26.5. The molecule has 24 rings (SSSR count). The fourth-order valence-electron chi connectivity index (χ4n) is 19.3. The third kappa shape index (κ3) is 18.8. The van der Waals surface area contributed by atoms with E-state index in [0.29, 0.717) is 69.1 Å². The largest absolute Gasteiger partial charge is 0.208 e. The van der Waals surface area contributed by atoms with Gasteiger partial charge >= 0.3 is 0 Å². The van der Waals surface area contributed by atoms with Crippen LogP contribution in [0, 0.1) is 0 Å². The van der Waals surface area contributed by atoms with Gasteiger partial charge in [0, 0.05) is 50.1 Å². The molecule has 0 fully saturated rings. The SMILES string of the molecule is c1ccc(-c2cc(-c3ccccc3)cc(-c3cccc(-c4nc(-c5cc(-c6ccccc6)cc(-c6ccccc6)c5)nc(-c5ccc(-c6ccccc6-c6cc(-c7cc(-c8ccccc8)cc(-c8ccccc8)c7)cc(-c7cc(-c8ccccc8)cc(-c8ccccc8)c7)c6)c(-c6cc(-c7nc(-c8ccccc8)nc(-c8ccccc8)n7)cc(-c7nc(-c8ccccc8)nc(-c8ccccc8)n7)c6)c5)n4)c3)c2)cc1. The van der Waals surface area contributed by atoms with Gasteiger partial charge in [-0.25, -0.2) is 44.9 Å². The van der Waals surface area contributed by atoms with E-state index in [0.717, 1.165) is 189 Å². The maximum atomic E-state index is 5.83. The van der Waals surface area contributed by atoms with Crippen molar-refractivity contribution in [1.82, 2.24) is 44.9 Å². The molecule has 24 aromatic rings. The van der Waals surface area contributed by atoms with Crippen LogP contribution in [-0.4, -0.2) is 44.9 Å². The van der Waals surface area contributed by atoms with E-state index in [9.17, 15) is 0 Å². The number of hydrogen-bond donors (Lipinski definition) is 0. The highest BCUT2D eigenvalue weighted by molar-refractivity contribution is 5.99. The smallest absolute Gasteiger partial charge is 0.164 e. The van der Waals surface area contributed by atoms with Gasteiger partial charge in [-0.2, -0.15) is 0 Å². The topological polar surface area (TPSA) is 116 Å². The van der Waals surface area contributed by atoms with Gasteiger partial charge in [0.05, 0.1) is 0 Å². The summed E-state index contributed by atoms with van der Waals surface area (Å²) in [6, 6.07) is 191. The highest BCUT2D eigenvalue weighted by atomic mass is 15.1. The van der Waals surface area contributed by atoms with E-state index >= 15 is 0 Å². The molecule has 0 amide bonds. The van der Waals surface area contributed by atoms with Crippen molar-refractivity contribution in [3.63, 3.8) is 0 Å². The monoisotopic (exact) mass is 1840 g/mol. The van der Waals surface area contributed by atoms with E-state index in [1.807, 2.05) is 121 Å². The zero-order chi connectivity index (χ0) is 95.9. The number of nitrogens with zero attached hydrogens (tertiary/aromatic N) is 9. The predicted molar refractivity (Wildman–Crippen MR) is 592 cm³/mol. The average Bonchev–Trinajstić information content (AvgIpc) is 0.751. The zero-order valence-electron chi connectivity index (χ0n) is 78.4. The summed E-state index contributed by atoms with van der Waals surface area (Å²) < 4.78 is 0. The minimum atomic E-state index is 0.428. The second-order valence-electron chi connectivity index (χ2n) is 36.0. The minimum Gasteiger partial charge on any atom is -0.208 e. The second-order valence-corrected chi connectivity index (χ2v) is 36.0. The summed E-state index contributed by atoms with van der Waals surface area (Å²) >= 11 is 0. The molecule has 0 bridgehead atoms. The fourth-order valence-corrected chi connectivity index (χ4v) is 19.3. The van der Waals surface area contributed by atoms with E-state index in [4.69, 9.17) is 44.9 Å². The van der Waals surface area contributed by atoms with Crippen molar-refractivity contribution in [2.45, 2.75) is 0 Å². The van der Waals surface area contributed by atoms with Crippen LogP contribution in [0.4, 0.5) is 0 Å². The van der Waals surface area contributed by atoms with Gasteiger partial charge in [0.1, 0.15) is 0 Å². The summed E-state index contributed by atoms with van der Waals surface area (Å²) in [4.78, 5) is 50.1. The highest BCUT2D eigenvalue weighted by Crippen LogP contribution is 2.48. The molecule has 0 unspecified atom stereocenters. The van der Waals surface area contributed by atoms with Crippen molar-refractivity contribution >= 4 is 0 Å². The average molecular weight is 1840 g/mol. The Hall–Kier alpha value is -19.4. The Labute approximate surface area is 837 Å². The van der Waals surface area contributed by atoms with Crippen molar-refractivity contribution in [3.8, 4) is 258 Å². The molecule has 0 aliphatic carbocycles. The van der Waals surface area contributed by atoms with Gasteiger partial charge in [-0.15, -0.1) is 0 Å². The Kier molecular flexibility index (Phi) is 24.1. The van der Waals surface area contributed by atoms with Crippen LogP contribution in [0.2, 0.25) is 0 Å². The molecule has 0 atom stereocenters. The van der Waals surface area contributed by atoms with Gasteiger partial charge in [-0.3, -0.25) is 0 Å². The number of benzene rings is 21. The van der Waals surface area contributed by atoms with Gasteiger partial charge in [-0.05, 0) is 277 Å². The summed E-state index contributed by atoms with van der Waals surface area (Å²) in [6.45, 7) is 0. The molecule has 0 saturated carbocycles. The summed E-state index contributed by atoms with van der Waals surface area (Å²) in [5.74, 6) is 4.27. The molecule has 9 heteroatoms. The molecule has 0 radical (unpaired) electrons. The molecular formula is C135H89N9. The first-order valence-electron chi connectivity index (χ1n) is 48.5. The molecule has 9 nitrogen and oxygen atoms in total. The highest BCUT2D eigenvalue weighted by Gasteiger charge is 2.26. The molecular weight excluding hydrogens is 1750 g/mol. The molecule has 144 heavy (non-hydrogen) atoms. The van der Waals surface area contributed by atoms with E-state index in [1.54, 1.807) is 0 Å². The van der Waals surface area contributed by atoms with E-state index in [1.165, 1.54) is 0 Å². The lowest BCUT2D eigenvalue weighted by molar-refractivity contribution is 1.07. The number of aromatic nitrogens is 9. The lowest BCUT2D eigenvalue weighted by atomic mass is 9.85. The first-order chi connectivity index (χ1) is 71.3. The number of rotatable bonds is 23. The van der Waals surface area contributed by atoms with Gasteiger partial charge in [-0.1, -0.05) is 419 Å². The van der Waals surface area contributed by atoms with E-state index in [2.05, 4.69) is 419 Å². The minimum absolute atomic E-state index is 0.428. The lowest BCUT2D eigenvalue weighted by Gasteiger charge is -2.20. The molecule has 0 saturated heterocycles. The summed E-state index contributed by atoms with van der Waals surface area (Å²) in [6.07, 6.45) is 0. The summed E-state index contributed by atoms with van der Waals surface area (Å²) in [7, 11) is 0. The van der Waals surface area contributed by atoms with Crippen LogP contribution in [-0.2, 0) is 0 Å². The van der Waals surface area contributed by atoms with Crippen molar-refractivity contribution in [3.05, 3.63) is 540 Å². The van der Waals surface area contributed by atoms with Crippen LogP contribution in [0.5, 0.6) is 0 Å². The van der Waals surface area contributed by atoms with Crippen LogP contribution in [0.1, 0.15) is 0 Å². The quantitative estimate of drug-likeness (QED) is 0.0617. The molecule has 0 aliphatic rings. The Morgan fingerprint density at radius 1 is 0.0694 bits per heavy atom. The van der Waals surface area contributed by atoms with Gasteiger partial charge < -0.3 is 0 Å². The van der Waals surface area contributed by atoms with Crippen molar-refractivity contribution in [1.29, 1.82) is 0 Å². The molecule has 3 heterocycles. The van der Waals surface area contributed by atoms with E-state index in [-0.39, 0.29) is 0 Å². The maximum absolute atomic E-state index is 5.83. The summed E-state index contributed by atoms with van der Waals surface area (Å²) in [5, 5.41) is 0. The molecule has 21 aromatic carbocycles. The maximum Gasteiger partial charge on any atom is 0.164 e. The molecule has 0 N–H and O–H groups in total. The molecule has 0 aliphatic heterocycles. The fraction of sp³-hybridized carbons (Fsp3) is 0. The Morgan fingerprint density at radius 2 is 0.215 bits per heavy atom. The second kappa shape index (κ2) is 39.6. The molecule has 3 aromatic heterocycles. The third-order valence-electron chi connectivity index (χ3n) is 26.5. The predicted octanol–water partition coefficient (Wildman–Crippen LogP) is 34.6. The number of hydrogen-bond acceptors (Lipinski definition) is 9. The molecule has 0 spiro atoms. The summed E-state index contributed by atoms with van der Waals surface area (Å²) in [5.41, 5.74) is 36.0. The van der Waals surface area contributed by atoms with Crippen molar-refractivity contribution < 1.29 is 0 Å². The molecule has 674 valence electrons. The lowest BCUT2D eigenvalue weighted by Crippen LogP contribution is -2.03. The first kappa shape index (κ1) is 87.4. The van der Waals surface area contributed by atoms with Crippen LogP contribution >= 0.6 is 0 Å².